The Balaban J connectivity index is 0.00000243. The Morgan fingerprint density at radius 1 is 1.31 bits per heavy atom. The Bertz CT molecular complexity index is 617. The zero-order valence-corrected chi connectivity index (χ0v) is 17.7. The topological polar surface area (TPSA) is 45.7 Å². The maximum atomic E-state index is 13.9. The Hall–Kier alpha value is -0.960. The lowest BCUT2D eigenvalue weighted by molar-refractivity contribution is 0.0732. The molecule has 3 rings (SSSR count). The molecule has 2 N–H and O–H groups in total. The molecular weight excluding hydrogens is 451 g/mol. The fraction of sp³-hybridized carbons (Fsp3) is 0.632. The first kappa shape index (κ1) is 21.3. The molecule has 0 aromatic heterocycles. The molecule has 2 aliphatic carbocycles. The molecule has 1 aromatic rings. The van der Waals surface area contributed by atoms with Gasteiger partial charge in [0.25, 0.3) is 0 Å². The van der Waals surface area contributed by atoms with Gasteiger partial charge in [0.2, 0.25) is 0 Å². The third kappa shape index (κ3) is 4.85. The van der Waals surface area contributed by atoms with Crippen LogP contribution in [0.1, 0.15) is 43.6 Å². The Morgan fingerprint density at radius 3 is 2.54 bits per heavy atom. The molecule has 0 heterocycles. The van der Waals surface area contributed by atoms with Gasteiger partial charge in [0.05, 0.1) is 0 Å². The van der Waals surface area contributed by atoms with E-state index in [0.717, 1.165) is 19.6 Å². The lowest BCUT2D eigenvalue weighted by Crippen LogP contribution is -2.47. The second kappa shape index (κ2) is 9.30. The third-order valence-corrected chi connectivity index (χ3v) is 5.59. The molecule has 7 heteroatoms. The third-order valence-electron chi connectivity index (χ3n) is 5.59. The molecule has 2 saturated carbocycles. The largest absolute Gasteiger partial charge is 0.385 e. The Labute approximate surface area is 171 Å². The van der Waals surface area contributed by atoms with Crippen molar-refractivity contribution in [2.75, 3.05) is 27.3 Å². The van der Waals surface area contributed by atoms with Gasteiger partial charge in [-0.15, -0.1) is 24.0 Å². The smallest absolute Gasteiger partial charge is 0.191 e. The molecule has 0 amide bonds. The number of benzene rings is 1. The monoisotopic (exact) mass is 479 g/mol. The Morgan fingerprint density at radius 2 is 2.00 bits per heavy atom. The van der Waals surface area contributed by atoms with Gasteiger partial charge in [-0.2, -0.15) is 0 Å². The number of hydrogen-bond donors (Lipinski definition) is 2. The van der Waals surface area contributed by atoms with Crippen molar-refractivity contribution in [1.29, 1.82) is 0 Å². The van der Waals surface area contributed by atoms with Crippen LogP contribution in [0.3, 0.4) is 0 Å². The summed E-state index contributed by atoms with van der Waals surface area (Å²) in [7, 11) is 3.45. The number of aliphatic imine (C=N–C) groups is 1. The highest BCUT2D eigenvalue weighted by Crippen LogP contribution is 2.44. The highest BCUT2D eigenvalue weighted by Gasteiger charge is 2.43. The maximum Gasteiger partial charge on any atom is 0.191 e. The van der Waals surface area contributed by atoms with Gasteiger partial charge in [-0.1, -0.05) is 12.5 Å². The van der Waals surface area contributed by atoms with Crippen LogP contribution >= 0.6 is 24.0 Å². The molecule has 2 unspecified atom stereocenters. The molecule has 0 saturated heterocycles. The molecule has 0 aliphatic heterocycles. The number of methoxy groups -OCH3 is 1. The van der Waals surface area contributed by atoms with E-state index in [1.54, 1.807) is 14.2 Å². The molecule has 1 aromatic carbocycles. The molecule has 0 bridgehead atoms. The average Bonchev–Trinajstić information content (AvgIpc) is 3.31. The number of guanidine groups is 1. The molecule has 0 radical (unpaired) electrons. The van der Waals surface area contributed by atoms with E-state index in [1.807, 2.05) is 0 Å². The van der Waals surface area contributed by atoms with Gasteiger partial charge >= 0.3 is 0 Å². The SMILES string of the molecule is CN=C(NCC1(CCOC)CCC1)NC1CC1c1c(F)cccc1F.I. The van der Waals surface area contributed by atoms with Crippen molar-refractivity contribution in [3.8, 4) is 0 Å². The number of nitrogens with one attached hydrogen (secondary N) is 2. The van der Waals surface area contributed by atoms with Crippen LogP contribution in [0.2, 0.25) is 0 Å². The van der Waals surface area contributed by atoms with Crippen LogP contribution in [-0.2, 0) is 4.74 Å². The van der Waals surface area contributed by atoms with Gasteiger partial charge in [0, 0.05) is 44.8 Å². The summed E-state index contributed by atoms with van der Waals surface area (Å²) in [5.74, 6) is -0.366. The first-order chi connectivity index (χ1) is 12.1. The van der Waals surface area contributed by atoms with Crippen molar-refractivity contribution < 1.29 is 13.5 Å². The number of rotatable bonds is 7. The van der Waals surface area contributed by atoms with Crippen LogP contribution < -0.4 is 10.6 Å². The van der Waals surface area contributed by atoms with Crippen molar-refractivity contribution in [3.63, 3.8) is 0 Å². The first-order valence-corrected chi connectivity index (χ1v) is 8.98. The lowest BCUT2D eigenvalue weighted by atomic mass is 9.67. The van der Waals surface area contributed by atoms with Gasteiger partial charge in [0.15, 0.2) is 5.96 Å². The van der Waals surface area contributed by atoms with Crippen LogP contribution in [-0.4, -0.2) is 39.3 Å². The average molecular weight is 479 g/mol. The summed E-state index contributed by atoms with van der Waals surface area (Å²) in [6.45, 7) is 1.62. The van der Waals surface area contributed by atoms with Gasteiger partial charge in [0.1, 0.15) is 11.6 Å². The first-order valence-electron chi connectivity index (χ1n) is 8.98. The van der Waals surface area contributed by atoms with Crippen LogP contribution in [0.25, 0.3) is 0 Å². The van der Waals surface area contributed by atoms with E-state index in [1.165, 1.54) is 37.5 Å². The highest BCUT2D eigenvalue weighted by atomic mass is 127. The molecule has 26 heavy (non-hydrogen) atoms. The quantitative estimate of drug-likeness (QED) is 0.355. The van der Waals surface area contributed by atoms with E-state index < -0.39 is 11.6 Å². The zero-order valence-electron chi connectivity index (χ0n) is 15.4. The van der Waals surface area contributed by atoms with Crippen LogP contribution in [0.4, 0.5) is 8.78 Å². The molecule has 146 valence electrons. The lowest BCUT2D eigenvalue weighted by Gasteiger charge is -2.42. The summed E-state index contributed by atoms with van der Waals surface area (Å²) >= 11 is 0. The molecule has 2 atom stereocenters. The number of ether oxygens (including phenoxy) is 1. The normalized spacial score (nSPS) is 23.6. The second-order valence-corrected chi connectivity index (χ2v) is 7.25. The van der Waals surface area contributed by atoms with Crippen molar-refractivity contribution in [1.82, 2.24) is 10.6 Å². The fourth-order valence-electron chi connectivity index (χ4n) is 3.69. The maximum absolute atomic E-state index is 13.9. The van der Waals surface area contributed by atoms with Gasteiger partial charge in [-0.3, -0.25) is 4.99 Å². The van der Waals surface area contributed by atoms with Crippen molar-refractivity contribution in [3.05, 3.63) is 35.4 Å². The summed E-state index contributed by atoms with van der Waals surface area (Å²) in [4.78, 5) is 4.26. The zero-order chi connectivity index (χ0) is 17.9. The minimum atomic E-state index is -0.467. The van der Waals surface area contributed by atoms with E-state index in [4.69, 9.17) is 4.74 Å². The summed E-state index contributed by atoms with van der Waals surface area (Å²) < 4.78 is 33.0. The molecule has 2 aliphatic rings. The van der Waals surface area contributed by atoms with Crippen LogP contribution in [0, 0.1) is 17.0 Å². The molecule has 4 nitrogen and oxygen atoms in total. The predicted molar refractivity (Wildman–Crippen MR) is 110 cm³/mol. The molecule has 2 fully saturated rings. The van der Waals surface area contributed by atoms with E-state index in [-0.39, 0.29) is 46.9 Å². The van der Waals surface area contributed by atoms with E-state index in [0.29, 0.717) is 12.4 Å². The van der Waals surface area contributed by atoms with Crippen molar-refractivity contribution in [2.45, 2.75) is 44.1 Å². The molecular formula is C19H28F2IN3O. The van der Waals surface area contributed by atoms with Crippen LogP contribution in [0.5, 0.6) is 0 Å². The molecule has 0 spiro atoms. The van der Waals surface area contributed by atoms with Crippen LogP contribution in [0.15, 0.2) is 23.2 Å². The minimum Gasteiger partial charge on any atom is -0.385 e. The van der Waals surface area contributed by atoms with E-state index in [2.05, 4.69) is 15.6 Å². The van der Waals surface area contributed by atoms with Gasteiger partial charge in [-0.05, 0) is 43.2 Å². The standard InChI is InChI=1S/C19H27F2N3O.HI/c1-22-18(23-12-19(7-4-8-19)9-10-25-2)24-16-11-13(16)17-14(20)5-3-6-15(17)21;/h3,5-6,13,16H,4,7-12H2,1-2H3,(H2,22,23,24);1H. The van der Waals surface area contributed by atoms with Crippen molar-refractivity contribution in [2.24, 2.45) is 10.4 Å². The number of halogens is 3. The summed E-state index contributed by atoms with van der Waals surface area (Å²) in [5.41, 5.74) is 0.472. The highest BCUT2D eigenvalue weighted by molar-refractivity contribution is 14.0. The van der Waals surface area contributed by atoms with Crippen molar-refractivity contribution >= 4 is 29.9 Å². The summed E-state index contributed by atoms with van der Waals surface area (Å²) in [6.07, 6.45) is 5.42. The van der Waals surface area contributed by atoms with Gasteiger partial charge in [-0.25, -0.2) is 8.78 Å². The summed E-state index contributed by atoms with van der Waals surface area (Å²) in [5, 5.41) is 6.68. The number of nitrogens with zero attached hydrogens (tertiary/aromatic N) is 1. The fourth-order valence-corrected chi connectivity index (χ4v) is 3.69. The second-order valence-electron chi connectivity index (χ2n) is 7.25. The minimum absolute atomic E-state index is 0. The summed E-state index contributed by atoms with van der Waals surface area (Å²) in [6, 6.07) is 4.06. The van der Waals surface area contributed by atoms with E-state index >= 15 is 0 Å². The number of hydrogen-bond acceptors (Lipinski definition) is 2. The van der Waals surface area contributed by atoms with Gasteiger partial charge < -0.3 is 15.4 Å². The predicted octanol–water partition coefficient (Wildman–Crippen LogP) is 3.81. The van der Waals surface area contributed by atoms with E-state index in [9.17, 15) is 8.78 Å². The Kier molecular flexibility index (Phi) is 7.63.